The highest BCUT2D eigenvalue weighted by Gasteiger charge is 2.14. The van der Waals surface area contributed by atoms with Crippen LogP contribution in [0, 0.1) is 25.5 Å². The van der Waals surface area contributed by atoms with Gasteiger partial charge < -0.3 is 0 Å². The van der Waals surface area contributed by atoms with Crippen LogP contribution in [0.25, 0.3) is 0 Å². The summed E-state index contributed by atoms with van der Waals surface area (Å²) in [5.74, 6) is -1.46. The summed E-state index contributed by atoms with van der Waals surface area (Å²) in [5, 5.41) is 0. The molecule has 0 saturated carbocycles. The molecule has 0 saturated heterocycles. The van der Waals surface area contributed by atoms with Crippen LogP contribution in [-0.4, -0.2) is 10.8 Å². The largest absolute Gasteiger partial charge is 0.292 e. The van der Waals surface area contributed by atoms with E-state index in [1.54, 1.807) is 13.1 Å². The van der Waals surface area contributed by atoms with E-state index < -0.39 is 11.6 Å². The third-order valence-corrected chi connectivity index (χ3v) is 2.84. The molecule has 0 amide bonds. The summed E-state index contributed by atoms with van der Waals surface area (Å²) in [5.41, 5.74) is 2.04. The van der Waals surface area contributed by atoms with Gasteiger partial charge in [-0.25, -0.2) is 8.78 Å². The maximum atomic E-state index is 13.5. The van der Waals surface area contributed by atoms with Gasteiger partial charge in [-0.1, -0.05) is 6.07 Å². The minimum absolute atomic E-state index is 0.0479. The molecule has 2 nitrogen and oxygen atoms in total. The van der Waals surface area contributed by atoms with E-state index in [4.69, 9.17) is 0 Å². The third kappa shape index (κ3) is 3.02. The quantitative estimate of drug-likeness (QED) is 0.792. The van der Waals surface area contributed by atoms with Gasteiger partial charge in [0.15, 0.2) is 5.78 Å². The number of aromatic nitrogens is 1. The van der Waals surface area contributed by atoms with Gasteiger partial charge in [-0.05, 0) is 48.7 Å². The highest BCUT2D eigenvalue weighted by molar-refractivity contribution is 5.97. The summed E-state index contributed by atoms with van der Waals surface area (Å²) < 4.78 is 26.5. The van der Waals surface area contributed by atoms with Gasteiger partial charge in [-0.3, -0.25) is 9.78 Å². The fourth-order valence-electron chi connectivity index (χ4n) is 1.94. The fraction of sp³-hybridized carbons (Fsp3) is 0.200. The number of halogens is 2. The van der Waals surface area contributed by atoms with E-state index in [0.29, 0.717) is 5.69 Å². The second-order valence-electron chi connectivity index (χ2n) is 4.51. The number of nitrogens with zero attached hydrogens (tertiary/aromatic N) is 1. The lowest BCUT2D eigenvalue weighted by molar-refractivity contribution is 0.0986. The fourth-order valence-corrected chi connectivity index (χ4v) is 1.94. The standard InChI is InChI=1S/C15H13F2NO/c1-9-5-10(2)15(18-8-9)14(19)7-11-6-12(16)3-4-13(11)17/h3-6,8H,7H2,1-2H3. The lowest BCUT2D eigenvalue weighted by Crippen LogP contribution is -2.10. The zero-order valence-corrected chi connectivity index (χ0v) is 10.7. The van der Waals surface area contributed by atoms with Crippen LogP contribution in [0.5, 0.6) is 0 Å². The van der Waals surface area contributed by atoms with Crippen molar-refractivity contribution in [3.8, 4) is 0 Å². The molecule has 19 heavy (non-hydrogen) atoms. The van der Waals surface area contributed by atoms with Crippen LogP contribution in [-0.2, 0) is 6.42 Å². The maximum absolute atomic E-state index is 13.5. The highest BCUT2D eigenvalue weighted by atomic mass is 19.1. The molecule has 98 valence electrons. The first kappa shape index (κ1) is 13.3. The Morgan fingerprint density at radius 1 is 1.21 bits per heavy atom. The van der Waals surface area contributed by atoms with Gasteiger partial charge in [0.1, 0.15) is 17.3 Å². The third-order valence-electron chi connectivity index (χ3n) is 2.84. The Kier molecular flexibility index (Phi) is 3.69. The average Bonchev–Trinajstić information content (AvgIpc) is 2.33. The molecule has 1 aromatic carbocycles. The van der Waals surface area contributed by atoms with Gasteiger partial charge >= 0.3 is 0 Å². The Morgan fingerprint density at radius 2 is 1.95 bits per heavy atom. The number of carbonyl (C=O) groups is 1. The zero-order chi connectivity index (χ0) is 14.0. The second-order valence-corrected chi connectivity index (χ2v) is 4.51. The van der Waals surface area contributed by atoms with Crippen molar-refractivity contribution in [1.29, 1.82) is 0 Å². The van der Waals surface area contributed by atoms with Crippen LogP contribution in [0.3, 0.4) is 0 Å². The number of hydrogen-bond acceptors (Lipinski definition) is 2. The lowest BCUT2D eigenvalue weighted by atomic mass is 10.0. The Hall–Kier alpha value is -2.10. The predicted octanol–water partition coefficient (Wildman–Crippen LogP) is 3.40. The first-order valence-corrected chi connectivity index (χ1v) is 5.88. The molecular formula is C15H13F2NO. The van der Waals surface area contributed by atoms with Crippen molar-refractivity contribution in [3.05, 3.63) is 64.5 Å². The molecule has 0 N–H and O–H groups in total. The van der Waals surface area contributed by atoms with Gasteiger partial charge in [0, 0.05) is 12.6 Å². The molecule has 4 heteroatoms. The predicted molar refractivity (Wildman–Crippen MR) is 68.1 cm³/mol. The molecule has 0 aliphatic heterocycles. The molecule has 0 fully saturated rings. The first-order valence-electron chi connectivity index (χ1n) is 5.88. The summed E-state index contributed by atoms with van der Waals surface area (Å²) >= 11 is 0. The van der Waals surface area contributed by atoms with Crippen molar-refractivity contribution in [2.45, 2.75) is 20.3 Å². The summed E-state index contributed by atoms with van der Waals surface area (Å²) in [6, 6.07) is 4.92. The number of pyridine rings is 1. The number of rotatable bonds is 3. The summed E-state index contributed by atoms with van der Waals surface area (Å²) in [4.78, 5) is 16.1. The van der Waals surface area contributed by atoms with Gasteiger partial charge in [0.2, 0.25) is 0 Å². The molecule has 2 rings (SSSR count). The van der Waals surface area contributed by atoms with E-state index in [9.17, 15) is 13.6 Å². The van der Waals surface area contributed by atoms with Gasteiger partial charge in [-0.15, -0.1) is 0 Å². The molecule has 1 aromatic heterocycles. The van der Waals surface area contributed by atoms with Crippen molar-refractivity contribution >= 4 is 5.78 Å². The van der Waals surface area contributed by atoms with Crippen molar-refractivity contribution < 1.29 is 13.6 Å². The number of carbonyl (C=O) groups excluding carboxylic acids is 1. The number of benzene rings is 1. The van der Waals surface area contributed by atoms with Crippen molar-refractivity contribution in [2.75, 3.05) is 0 Å². The van der Waals surface area contributed by atoms with Gasteiger partial charge in [0.05, 0.1) is 0 Å². The van der Waals surface area contributed by atoms with E-state index in [2.05, 4.69) is 4.98 Å². The van der Waals surface area contributed by atoms with E-state index >= 15 is 0 Å². The first-order chi connectivity index (χ1) is 8.97. The molecule has 0 radical (unpaired) electrons. The van der Waals surface area contributed by atoms with E-state index in [1.165, 1.54) is 0 Å². The molecule has 0 atom stereocenters. The number of Topliss-reactive ketones (excluding diaryl/α,β-unsaturated/α-hetero) is 1. The maximum Gasteiger partial charge on any atom is 0.185 e. The highest BCUT2D eigenvalue weighted by Crippen LogP contribution is 2.14. The Morgan fingerprint density at radius 3 is 2.63 bits per heavy atom. The minimum Gasteiger partial charge on any atom is -0.292 e. The van der Waals surface area contributed by atoms with Crippen LogP contribution >= 0.6 is 0 Å². The van der Waals surface area contributed by atoms with Gasteiger partial charge in [0.25, 0.3) is 0 Å². The summed E-state index contributed by atoms with van der Waals surface area (Å²) in [6.45, 7) is 3.65. The summed E-state index contributed by atoms with van der Waals surface area (Å²) in [6.07, 6.45) is 1.39. The SMILES string of the molecule is Cc1cnc(C(=O)Cc2cc(F)ccc2F)c(C)c1. The van der Waals surface area contributed by atoms with E-state index in [-0.39, 0.29) is 17.8 Å². The Labute approximate surface area is 110 Å². The number of aryl methyl sites for hydroxylation is 2. The van der Waals surface area contributed by atoms with Crippen LogP contribution in [0.4, 0.5) is 8.78 Å². The van der Waals surface area contributed by atoms with Crippen LogP contribution < -0.4 is 0 Å². The smallest absolute Gasteiger partial charge is 0.185 e. The van der Waals surface area contributed by atoms with Crippen LogP contribution in [0.15, 0.2) is 30.5 Å². The van der Waals surface area contributed by atoms with E-state index in [0.717, 1.165) is 29.3 Å². The molecular weight excluding hydrogens is 248 g/mol. The Bertz CT molecular complexity index is 638. The Balaban J connectivity index is 2.28. The number of ketones is 1. The van der Waals surface area contributed by atoms with Crippen LogP contribution in [0.1, 0.15) is 27.2 Å². The molecule has 0 bridgehead atoms. The lowest BCUT2D eigenvalue weighted by Gasteiger charge is -2.06. The second kappa shape index (κ2) is 5.26. The van der Waals surface area contributed by atoms with Crippen molar-refractivity contribution in [2.24, 2.45) is 0 Å². The van der Waals surface area contributed by atoms with Crippen LogP contribution in [0.2, 0.25) is 0 Å². The van der Waals surface area contributed by atoms with Crippen molar-refractivity contribution in [1.82, 2.24) is 4.98 Å². The van der Waals surface area contributed by atoms with Gasteiger partial charge in [-0.2, -0.15) is 0 Å². The topological polar surface area (TPSA) is 30.0 Å². The molecule has 2 aromatic rings. The molecule has 0 aliphatic carbocycles. The summed E-state index contributed by atoms with van der Waals surface area (Å²) in [7, 11) is 0. The normalized spacial score (nSPS) is 10.5. The minimum atomic E-state index is -0.584. The molecule has 0 spiro atoms. The van der Waals surface area contributed by atoms with E-state index in [1.807, 2.05) is 13.0 Å². The molecule has 0 aliphatic rings. The number of hydrogen-bond donors (Lipinski definition) is 0. The monoisotopic (exact) mass is 261 g/mol. The molecule has 1 heterocycles. The molecule has 0 unspecified atom stereocenters. The average molecular weight is 261 g/mol. The van der Waals surface area contributed by atoms with Crippen molar-refractivity contribution in [3.63, 3.8) is 0 Å². The zero-order valence-electron chi connectivity index (χ0n) is 10.7.